The lowest BCUT2D eigenvalue weighted by Crippen LogP contribution is -2.36. The van der Waals surface area contributed by atoms with Gasteiger partial charge in [0.15, 0.2) is 5.11 Å². The second kappa shape index (κ2) is 9.20. The van der Waals surface area contributed by atoms with E-state index in [0.29, 0.717) is 33.7 Å². The number of rotatable bonds is 7. The zero-order valence-corrected chi connectivity index (χ0v) is 14.2. The van der Waals surface area contributed by atoms with Gasteiger partial charge in [-0.3, -0.25) is 0 Å². The highest BCUT2D eigenvalue weighted by Gasteiger charge is 2.07. The normalized spacial score (nSPS) is 12.5. The van der Waals surface area contributed by atoms with E-state index in [1.54, 1.807) is 24.3 Å². The topological polar surface area (TPSA) is 24.1 Å². The summed E-state index contributed by atoms with van der Waals surface area (Å²) in [5, 5.41) is 6.85. The highest BCUT2D eigenvalue weighted by atomic mass is 32.2. The Kier molecular flexibility index (Phi) is 7.96. The molecule has 1 atom stereocenters. The van der Waals surface area contributed by atoms with Crippen LogP contribution in [0.1, 0.15) is 33.6 Å². The predicted molar refractivity (Wildman–Crippen MR) is 91.2 cm³/mol. The Hall–Kier alpha value is -0.880. The van der Waals surface area contributed by atoms with Crippen molar-refractivity contribution >= 4 is 34.8 Å². The van der Waals surface area contributed by atoms with Crippen LogP contribution in [0.15, 0.2) is 29.2 Å². The van der Waals surface area contributed by atoms with E-state index in [2.05, 4.69) is 31.4 Å². The molecule has 0 aliphatic rings. The molecule has 2 N–H and O–H groups in total. The first kappa shape index (κ1) is 18.2. The largest absolute Gasteiger partial charge is 0.360 e. The molecule has 0 saturated carbocycles. The van der Waals surface area contributed by atoms with Gasteiger partial charge in [-0.25, -0.2) is 0 Å². The SMILES string of the molecule is CC(C)CC[C@@H](C)NC(=S)Nc1ccc(SC(F)F)cc1. The number of hydrogen-bond acceptors (Lipinski definition) is 2. The van der Waals surface area contributed by atoms with Crippen LogP contribution in [0.25, 0.3) is 0 Å². The lowest BCUT2D eigenvalue weighted by atomic mass is 10.0. The first-order valence-corrected chi connectivity index (χ1v) is 8.28. The minimum Gasteiger partial charge on any atom is -0.360 e. The summed E-state index contributed by atoms with van der Waals surface area (Å²) in [6.45, 7) is 6.49. The van der Waals surface area contributed by atoms with Crippen molar-refractivity contribution < 1.29 is 8.78 Å². The molecule has 6 heteroatoms. The van der Waals surface area contributed by atoms with E-state index < -0.39 is 5.76 Å². The lowest BCUT2D eigenvalue weighted by molar-refractivity contribution is 0.252. The fourth-order valence-corrected chi connectivity index (χ4v) is 2.58. The maximum absolute atomic E-state index is 12.2. The summed E-state index contributed by atoms with van der Waals surface area (Å²) in [6, 6.07) is 7.11. The fraction of sp³-hybridized carbons (Fsp3) is 0.533. The molecule has 2 nitrogen and oxygen atoms in total. The van der Waals surface area contributed by atoms with Gasteiger partial charge in [0, 0.05) is 16.6 Å². The quantitative estimate of drug-likeness (QED) is 0.535. The second-order valence-corrected chi connectivity index (χ2v) is 6.85. The van der Waals surface area contributed by atoms with Crippen LogP contribution in [0, 0.1) is 5.92 Å². The van der Waals surface area contributed by atoms with Gasteiger partial charge in [0.25, 0.3) is 5.76 Å². The number of benzene rings is 1. The summed E-state index contributed by atoms with van der Waals surface area (Å²) in [5.41, 5.74) is 0.794. The Morgan fingerprint density at radius 1 is 1.14 bits per heavy atom. The van der Waals surface area contributed by atoms with Crippen LogP contribution >= 0.6 is 24.0 Å². The number of thiocarbonyl (C=S) groups is 1. The fourth-order valence-electron chi connectivity index (χ4n) is 1.77. The molecule has 1 aromatic rings. The molecule has 0 amide bonds. The van der Waals surface area contributed by atoms with Crippen molar-refractivity contribution in [3.05, 3.63) is 24.3 Å². The Balaban J connectivity index is 2.40. The van der Waals surface area contributed by atoms with Crippen LogP contribution in [0.4, 0.5) is 14.5 Å². The van der Waals surface area contributed by atoms with Crippen LogP contribution < -0.4 is 10.6 Å². The van der Waals surface area contributed by atoms with E-state index in [1.807, 2.05) is 0 Å². The zero-order chi connectivity index (χ0) is 15.8. The molecule has 21 heavy (non-hydrogen) atoms. The average molecular weight is 332 g/mol. The van der Waals surface area contributed by atoms with Crippen LogP contribution in [0.2, 0.25) is 0 Å². The number of hydrogen-bond donors (Lipinski definition) is 2. The number of nitrogens with one attached hydrogen (secondary N) is 2. The van der Waals surface area contributed by atoms with Gasteiger partial charge < -0.3 is 10.6 Å². The van der Waals surface area contributed by atoms with E-state index in [4.69, 9.17) is 12.2 Å². The van der Waals surface area contributed by atoms with Crippen molar-refractivity contribution in [2.24, 2.45) is 5.92 Å². The summed E-state index contributed by atoms with van der Waals surface area (Å²) in [5.74, 6) is -1.72. The minimum atomic E-state index is -2.40. The molecule has 0 aliphatic carbocycles. The summed E-state index contributed by atoms with van der Waals surface area (Å²) < 4.78 is 24.4. The second-order valence-electron chi connectivity index (χ2n) is 5.37. The maximum Gasteiger partial charge on any atom is 0.288 e. The first-order valence-electron chi connectivity index (χ1n) is 6.99. The van der Waals surface area contributed by atoms with Crippen LogP contribution in [0.5, 0.6) is 0 Å². The van der Waals surface area contributed by atoms with Gasteiger partial charge in [-0.05, 0) is 62.2 Å². The number of alkyl halides is 2. The van der Waals surface area contributed by atoms with E-state index in [0.717, 1.165) is 18.5 Å². The Bertz CT molecular complexity index is 436. The Morgan fingerprint density at radius 2 is 1.76 bits per heavy atom. The number of halogens is 2. The van der Waals surface area contributed by atoms with Gasteiger partial charge >= 0.3 is 0 Å². The molecule has 0 radical (unpaired) electrons. The molecule has 1 rings (SSSR count). The summed E-state index contributed by atoms with van der Waals surface area (Å²) >= 11 is 5.78. The highest BCUT2D eigenvalue weighted by molar-refractivity contribution is 7.99. The summed E-state index contributed by atoms with van der Waals surface area (Å²) in [7, 11) is 0. The van der Waals surface area contributed by atoms with Crippen molar-refractivity contribution in [1.82, 2.24) is 5.32 Å². The number of thioether (sulfide) groups is 1. The third-order valence-electron chi connectivity index (χ3n) is 2.89. The molecule has 0 heterocycles. The van der Waals surface area contributed by atoms with E-state index in [-0.39, 0.29) is 0 Å². The van der Waals surface area contributed by atoms with Crippen molar-refractivity contribution in [3.63, 3.8) is 0 Å². The molecule has 118 valence electrons. The standard InChI is InChI=1S/C15H22F2N2S2/c1-10(2)4-5-11(3)18-15(20)19-12-6-8-13(9-7-12)21-14(16)17/h6-11,14H,4-5H2,1-3H3,(H2,18,19,20)/t11-/m1/s1. The minimum absolute atomic E-state index is 0.307. The van der Waals surface area contributed by atoms with Gasteiger partial charge in [0.2, 0.25) is 0 Å². The van der Waals surface area contributed by atoms with E-state index in [1.165, 1.54) is 0 Å². The molecular weight excluding hydrogens is 310 g/mol. The van der Waals surface area contributed by atoms with Gasteiger partial charge in [0.05, 0.1) is 0 Å². The van der Waals surface area contributed by atoms with E-state index in [9.17, 15) is 8.78 Å². The smallest absolute Gasteiger partial charge is 0.288 e. The molecule has 0 fully saturated rings. The molecule has 0 bridgehead atoms. The van der Waals surface area contributed by atoms with Crippen molar-refractivity contribution in [2.75, 3.05) is 5.32 Å². The molecule has 0 aromatic heterocycles. The molecular formula is C15H22F2N2S2. The molecule has 0 aliphatic heterocycles. The van der Waals surface area contributed by atoms with E-state index >= 15 is 0 Å². The summed E-state index contributed by atoms with van der Waals surface area (Å²) in [6.07, 6.45) is 2.21. The predicted octanol–water partition coefficient (Wildman–Crippen LogP) is 5.11. The van der Waals surface area contributed by atoms with Gasteiger partial charge in [-0.15, -0.1) is 0 Å². The molecule has 0 unspecified atom stereocenters. The highest BCUT2D eigenvalue weighted by Crippen LogP contribution is 2.26. The summed E-state index contributed by atoms with van der Waals surface area (Å²) in [4.78, 5) is 0.541. The Labute approximate surface area is 135 Å². The third-order valence-corrected chi connectivity index (χ3v) is 3.83. The average Bonchev–Trinajstić information content (AvgIpc) is 2.38. The van der Waals surface area contributed by atoms with Crippen LogP contribution in [-0.4, -0.2) is 16.9 Å². The van der Waals surface area contributed by atoms with Gasteiger partial charge in [-0.2, -0.15) is 8.78 Å². The molecule has 0 saturated heterocycles. The number of anilines is 1. The zero-order valence-electron chi connectivity index (χ0n) is 12.5. The molecule has 0 spiro atoms. The van der Waals surface area contributed by atoms with Gasteiger partial charge in [-0.1, -0.05) is 25.6 Å². The third kappa shape index (κ3) is 8.21. The maximum atomic E-state index is 12.2. The Morgan fingerprint density at radius 3 is 2.29 bits per heavy atom. The first-order chi connectivity index (χ1) is 9.86. The van der Waals surface area contributed by atoms with Crippen molar-refractivity contribution in [1.29, 1.82) is 0 Å². The van der Waals surface area contributed by atoms with Gasteiger partial charge in [0.1, 0.15) is 0 Å². The van der Waals surface area contributed by atoms with Crippen molar-refractivity contribution in [3.8, 4) is 0 Å². The lowest BCUT2D eigenvalue weighted by Gasteiger charge is -2.18. The van der Waals surface area contributed by atoms with Crippen molar-refractivity contribution in [2.45, 2.75) is 50.3 Å². The van der Waals surface area contributed by atoms with Crippen LogP contribution in [-0.2, 0) is 0 Å². The molecule has 1 aromatic carbocycles. The monoisotopic (exact) mass is 332 g/mol. The van der Waals surface area contributed by atoms with Crippen LogP contribution in [0.3, 0.4) is 0 Å².